The molecule has 0 bridgehead atoms. The highest BCUT2D eigenvalue weighted by atomic mass is 32.1. The molecule has 6 heteroatoms. The van der Waals surface area contributed by atoms with Crippen molar-refractivity contribution < 1.29 is 4.74 Å². The lowest BCUT2D eigenvalue weighted by Gasteiger charge is -2.38. The Morgan fingerprint density at radius 1 is 1.07 bits per heavy atom. The fraction of sp³-hybridized carbons (Fsp3) is 0.130. The Morgan fingerprint density at radius 3 is 2.79 bits per heavy atom. The van der Waals surface area contributed by atoms with E-state index in [1.54, 1.807) is 17.7 Å². The van der Waals surface area contributed by atoms with Crippen LogP contribution in [0.1, 0.15) is 33.7 Å². The van der Waals surface area contributed by atoms with Gasteiger partial charge in [0.1, 0.15) is 18.1 Å². The highest BCUT2D eigenvalue weighted by Gasteiger charge is 2.41. The SMILES string of the molecule is Cc1ccc2c(c1)C1=C([C@H](c3cccs3)O2)[C@@H](c2ccccc2)n2ncnc2N1. The van der Waals surface area contributed by atoms with Crippen molar-refractivity contribution in [2.24, 2.45) is 0 Å². The van der Waals surface area contributed by atoms with Gasteiger partial charge in [-0.1, -0.05) is 48.0 Å². The number of rotatable bonds is 2. The van der Waals surface area contributed by atoms with Crippen molar-refractivity contribution in [2.75, 3.05) is 5.32 Å². The molecule has 2 atom stereocenters. The van der Waals surface area contributed by atoms with Crippen LogP contribution in [0, 0.1) is 6.92 Å². The van der Waals surface area contributed by atoms with Crippen molar-refractivity contribution in [1.82, 2.24) is 14.8 Å². The van der Waals surface area contributed by atoms with E-state index < -0.39 is 0 Å². The summed E-state index contributed by atoms with van der Waals surface area (Å²) in [5.74, 6) is 1.64. The van der Waals surface area contributed by atoms with Crippen LogP contribution in [-0.4, -0.2) is 14.8 Å². The summed E-state index contributed by atoms with van der Waals surface area (Å²) in [5.41, 5.74) is 5.66. The van der Waals surface area contributed by atoms with Crippen LogP contribution in [-0.2, 0) is 0 Å². The molecule has 2 aromatic heterocycles. The number of hydrogen-bond acceptors (Lipinski definition) is 5. The Labute approximate surface area is 172 Å². The second kappa shape index (κ2) is 6.32. The lowest BCUT2D eigenvalue weighted by molar-refractivity contribution is 0.226. The molecule has 4 heterocycles. The zero-order valence-corrected chi connectivity index (χ0v) is 16.6. The van der Waals surface area contributed by atoms with Gasteiger partial charge in [-0.3, -0.25) is 0 Å². The van der Waals surface area contributed by atoms with Crippen LogP contribution in [0.5, 0.6) is 5.75 Å². The van der Waals surface area contributed by atoms with E-state index in [2.05, 4.69) is 82.3 Å². The topological polar surface area (TPSA) is 52.0 Å². The van der Waals surface area contributed by atoms with Crippen molar-refractivity contribution >= 4 is 23.0 Å². The maximum atomic E-state index is 6.60. The number of ether oxygens (including phenoxy) is 1. The maximum Gasteiger partial charge on any atom is 0.226 e. The van der Waals surface area contributed by atoms with Crippen LogP contribution < -0.4 is 10.1 Å². The lowest BCUT2D eigenvalue weighted by atomic mass is 9.86. The van der Waals surface area contributed by atoms with E-state index in [0.717, 1.165) is 34.1 Å². The van der Waals surface area contributed by atoms with Gasteiger partial charge in [0.15, 0.2) is 6.10 Å². The van der Waals surface area contributed by atoms with Gasteiger partial charge < -0.3 is 10.1 Å². The Kier molecular flexibility index (Phi) is 3.61. The average molecular weight is 398 g/mol. The largest absolute Gasteiger partial charge is 0.480 e. The van der Waals surface area contributed by atoms with Gasteiger partial charge >= 0.3 is 0 Å². The van der Waals surface area contributed by atoms with Crippen LogP contribution in [0.3, 0.4) is 0 Å². The van der Waals surface area contributed by atoms with E-state index in [9.17, 15) is 0 Å². The molecule has 2 aliphatic rings. The first-order valence-electron chi connectivity index (χ1n) is 9.56. The fourth-order valence-corrected chi connectivity index (χ4v) is 4.99. The molecular formula is C23H18N4OS. The van der Waals surface area contributed by atoms with E-state index in [1.807, 2.05) is 10.7 Å². The van der Waals surface area contributed by atoms with E-state index in [4.69, 9.17) is 4.74 Å². The van der Waals surface area contributed by atoms with E-state index in [0.29, 0.717) is 0 Å². The molecule has 0 spiro atoms. The molecule has 1 N–H and O–H groups in total. The molecule has 0 aliphatic carbocycles. The summed E-state index contributed by atoms with van der Waals surface area (Å²) in [6.07, 6.45) is 1.42. The molecule has 0 amide bonds. The molecule has 6 rings (SSSR count). The zero-order chi connectivity index (χ0) is 19.4. The summed E-state index contributed by atoms with van der Waals surface area (Å²) < 4.78 is 8.55. The first-order valence-corrected chi connectivity index (χ1v) is 10.4. The quantitative estimate of drug-likeness (QED) is 0.504. The molecule has 0 unspecified atom stereocenters. The number of aromatic nitrogens is 3. The maximum absolute atomic E-state index is 6.60. The molecule has 2 aromatic carbocycles. The third-order valence-electron chi connectivity index (χ3n) is 5.49. The van der Waals surface area contributed by atoms with Gasteiger partial charge in [-0.2, -0.15) is 10.1 Å². The monoisotopic (exact) mass is 398 g/mol. The molecule has 5 nitrogen and oxygen atoms in total. The molecule has 2 aliphatic heterocycles. The van der Waals surface area contributed by atoms with Gasteiger partial charge in [-0.25, -0.2) is 4.68 Å². The minimum absolute atomic E-state index is 0.0919. The molecule has 0 radical (unpaired) electrons. The van der Waals surface area contributed by atoms with E-state index >= 15 is 0 Å². The molecular weight excluding hydrogens is 380 g/mol. The van der Waals surface area contributed by atoms with Gasteiger partial charge in [-0.15, -0.1) is 11.3 Å². The predicted octanol–water partition coefficient (Wildman–Crippen LogP) is 5.21. The molecule has 142 valence electrons. The van der Waals surface area contributed by atoms with Crippen molar-refractivity contribution in [3.63, 3.8) is 0 Å². The Balaban J connectivity index is 1.66. The number of nitrogens with one attached hydrogen (secondary N) is 1. The van der Waals surface area contributed by atoms with Crippen molar-refractivity contribution in [1.29, 1.82) is 0 Å². The third-order valence-corrected chi connectivity index (χ3v) is 6.40. The van der Waals surface area contributed by atoms with Crippen LogP contribution in [0.4, 0.5) is 5.95 Å². The number of thiophene rings is 1. The van der Waals surface area contributed by atoms with Crippen LogP contribution >= 0.6 is 11.3 Å². The average Bonchev–Trinajstić information content (AvgIpc) is 3.44. The summed E-state index contributed by atoms with van der Waals surface area (Å²) in [7, 11) is 0. The van der Waals surface area contributed by atoms with Crippen molar-refractivity contribution in [3.8, 4) is 5.75 Å². The highest BCUT2D eigenvalue weighted by Crippen LogP contribution is 2.51. The number of fused-ring (bicyclic) bond motifs is 3. The summed E-state index contributed by atoms with van der Waals surface area (Å²) in [5, 5.41) is 10.2. The van der Waals surface area contributed by atoms with Gasteiger partial charge in [0.2, 0.25) is 5.95 Å². The Bertz CT molecular complexity index is 1230. The van der Waals surface area contributed by atoms with E-state index in [-0.39, 0.29) is 12.1 Å². The molecule has 0 fully saturated rings. The third kappa shape index (κ3) is 2.53. The number of benzene rings is 2. The van der Waals surface area contributed by atoms with Crippen LogP contribution in [0.2, 0.25) is 0 Å². The summed E-state index contributed by atoms with van der Waals surface area (Å²) in [4.78, 5) is 5.65. The first kappa shape index (κ1) is 16.6. The Hall–Kier alpha value is -3.38. The summed E-state index contributed by atoms with van der Waals surface area (Å²) in [6.45, 7) is 2.10. The molecule has 29 heavy (non-hydrogen) atoms. The number of anilines is 1. The predicted molar refractivity (Wildman–Crippen MR) is 114 cm³/mol. The lowest BCUT2D eigenvalue weighted by Crippen LogP contribution is -2.32. The second-order valence-electron chi connectivity index (χ2n) is 7.31. The number of nitrogens with zero attached hydrogens (tertiary/aromatic N) is 3. The standard InChI is InChI=1S/C23H18N4OS/c1-14-9-10-17-16(12-14)20-19(22(28-17)18-8-5-11-29-18)21(15-6-3-2-4-7-15)27-23(26-20)24-13-25-27/h2-13,21-22H,1H3,(H,24,25,26)/t21-,22+/m1/s1. The highest BCUT2D eigenvalue weighted by molar-refractivity contribution is 7.10. The van der Waals surface area contributed by atoms with Gasteiger partial charge in [0.25, 0.3) is 0 Å². The van der Waals surface area contributed by atoms with E-state index in [1.165, 1.54) is 10.4 Å². The second-order valence-corrected chi connectivity index (χ2v) is 8.29. The molecule has 4 aromatic rings. The molecule has 0 saturated carbocycles. The number of aryl methyl sites for hydroxylation is 1. The Morgan fingerprint density at radius 2 is 1.97 bits per heavy atom. The van der Waals surface area contributed by atoms with Gasteiger partial charge in [-0.05, 0) is 36.1 Å². The summed E-state index contributed by atoms with van der Waals surface area (Å²) >= 11 is 1.71. The van der Waals surface area contributed by atoms with Gasteiger partial charge in [0.05, 0.1) is 5.70 Å². The van der Waals surface area contributed by atoms with Gasteiger partial charge in [0, 0.05) is 16.0 Å². The first-order chi connectivity index (χ1) is 14.3. The zero-order valence-electron chi connectivity index (χ0n) is 15.7. The van der Waals surface area contributed by atoms with Crippen molar-refractivity contribution in [2.45, 2.75) is 19.1 Å². The minimum Gasteiger partial charge on any atom is -0.480 e. The fourth-order valence-electron chi connectivity index (χ4n) is 4.22. The van der Waals surface area contributed by atoms with Crippen LogP contribution in [0.25, 0.3) is 5.70 Å². The summed E-state index contributed by atoms with van der Waals surface area (Å²) in [6, 6.07) is 20.9. The normalized spacial score (nSPS) is 19.6. The molecule has 0 saturated heterocycles. The smallest absolute Gasteiger partial charge is 0.226 e. The van der Waals surface area contributed by atoms with Crippen LogP contribution in [0.15, 0.2) is 77.9 Å². The van der Waals surface area contributed by atoms with Crippen molar-refractivity contribution in [3.05, 3.63) is 99.5 Å². The number of hydrogen-bond donors (Lipinski definition) is 1. The minimum atomic E-state index is -0.185.